The number of aliphatic carboxylic acids is 1. The van der Waals surface area contributed by atoms with Gasteiger partial charge in [0.1, 0.15) is 17.7 Å². The summed E-state index contributed by atoms with van der Waals surface area (Å²) in [7, 11) is 0. The molecule has 2 aromatic rings. The van der Waals surface area contributed by atoms with Gasteiger partial charge >= 0.3 is 5.97 Å². The quantitative estimate of drug-likeness (QED) is 0.758. The smallest absolute Gasteiger partial charge is 0.320 e. The summed E-state index contributed by atoms with van der Waals surface area (Å²) in [4.78, 5) is 13.2. The second-order valence-electron chi connectivity index (χ2n) is 3.77. The Bertz CT molecular complexity index is 580. The molecule has 1 aromatic carbocycles. The Hall–Kier alpha value is -1.95. The first kappa shape index (κ1) is 11.5. The van der Waals surface area contributed by atoms with Gasteiger partial charge in [0.2, 0.25) is 0 Å². The zero-order valence-corrected chi connectivity index (χ0v) is 8.71. The highest BCUT2D eigenvalue weighted by Crippen LogP contribution is 2.23. The lowest BCUT2D eigenvalue weighted by atomic mass is 10.1. The van der Waals surface area contributed by atoms with Crippen LogP contribution >= 0.6 is 0 Å². The summed E-state index contributed by atoms with van der Waals surface area (Å²) < 4.78 is 26.4. The number of aromatic nitrogens is 1. The van der Waals surface area contributed by atoms with Crippen molar-refractivity contribution in [3.05, 3.63) is 35.5 Å². The first-order chi connectivity index (χ1) is 7.99. The molecule has 0 aliphatic rings. The average molecular weight is 240 g/mol. The van der Waals surface area contributed by atoms with Crippen LogP contribution in [0.15, 0.2) is 18.3 Å². The van der Waals surface area contributed by atoms with Gasteiger partial charge in [-0.3, -0.25) is 4.79 Å². The van der Waals surface area contributed by atoms with E-state index >= 15 is 0 Å². The predicted molar refractivity (Wildman–Crippen MR) is 57.5 cm³/mol. The molecule has 0 fully saturated rings. The fraction of sp³-hybridized carbons (Fsp3) is 0.182. The van der Waals surface area contributed by atoms with E-state index in [2.05, 4.69) is 4.98 Å². The Kier molecular flexibility index (Phi) is 2.81. The third kappa shape index (κ3) is 2.12. The maximum Gasteiger partial charge on any atom is 0.320 e. The van der Waals surface area contributed by atoms with Crippen LogP contribution in [-0.4, -0.2) is 22.1 Å². The van der Waals surface area contributed by atoms with Crippen molar-refractivity contribution in [2.45, 2.75) is 12.5 Å². The topological polar surface area (TPSA) is 79.1 Å². The van der Waals surface area contributed by atoms with E-state index in [0.29, 0.717) is 10.9 Å². The van der Waals surface area contributed by atoms with Crippen LogP contribution in [0.25, 0.3) is 10.9 Å². The lowest BCUT2D eigenvalue weighted by Gasteiger charge is -2.04. The number of nitrogens with one attached hydrogen (secondary N) is 1. The standard InChI is InChI=1S/C11H10F2N2O2/c12-6-2-7-5(1-9(14)11(16)17)4-15-10(7)8(13)3-6/h2-4,9,15H,1,14H2,(H,16,17)/t9-/m1/s1. The van der Waals surface area contributed by atoms with Crippen molar-refractivity contribution in [2.75, 3.05) is 0 Å². The molecule has 0 saturated heterocycles. The number of halogens is 2. The molecule has 17 heavy (non-hydrogen) atoms. The number of carboxylic acid groups (broad SMARTS) is 1. The summed E-state index contributed by atoms with van der Waals surface area (Å²) in [6, 6.07) is 0.818. The minimum atomic E-state index is -1.16. The largest absolute Gasteiger partial charge is 0.480 e. The molecule has 0 bridgehead atoms. The minimum absolute atomic E-state index is 0.0121. The zero-order valence-electron chi connectivity index (χ0n) is 8.71. The molecule has 0 radical (unpaired) electrons. The van der Waals surface area contributed by atoms with E-state index < -0.39 is 23.6 Å². The summed E-state index contributed by atoms with van der Waals surface area (Å²) in [5.74, 6) is -2.58. The van der Waals surface area contributed by atoms with Crippen LogP contribution in [0.1, 0.15) is 5.56 Å². The molecule has 0 aliphatic heterocycles. The highest BCUT2D eigenvalue weighted by molar-refractivity contribution is 5.85. The monoisotopic (exact) mass is 240 g/mol. The lowest BCUT2D eigenvalue weighted by Crippen LogP contribution is -2.32. The Morgan fingerprint density at radius 1 is 1.47 bits per heavy atom. The number of fused-ring (bicyclic) bond motifs is 1. The summed E-state index contributed by atoms with van der Waals surface area (Å²) in [5, 5.41) is 9.00. The number of rotatable bonds is 3. The second kappa shape index (κ2) is 4.14. The molecule has 6 heteroatoms. The molecular weight excluding hydrogens is 230 g/mol. The van der Waals surface area contributed by atoms with Crippen LogP contribution in [0.3, 0.4) is 0 Å². The number of carbonyl (C=O) groups is 1. The fourth-order valence-electron chi connectivity index (χ4n) is 1.70. The molecule has 90 valence electrons. The Morgan fingerprint density at radius 2 is 2.18 bits per heavy atom. The number of aromatic amines is 1. The van der Waals surface area contributed by atoms with Crippen LogP contribution in [-0.2, 0) is 11.2 Å². The summed E-state index contributed by atoms with van der Waals surface area (Å²) >= 11 is 0. The van der Waals surface area contributed by atoms with Crippen LogP contribution in [0, 0.1) is 11.6 Å². The van der Waals surface area contributed by atoms with Crippen LogP contribution in [0.4, 0.5) is 8.78 Å². The predicted octanol–water partition coefficient (Wildman–Crippen LogP) is 1.40. The highest BCUT2D eigenvalue weighted by Gasteiger charge is 2.16. The Morgan fingerprint density at radius 3 is 2.82 bits per heavy atom. The van der Waals surface area contributed by atoms with Gasteiger partial charge in [0.15, 0.2) is 0 Å². The Labute approximate surface area is 95.0 Å². The summed E-state index contributed by atoms with van der Waals surface area (Å²) in [6.45, 7) is 0. The average Bonchev–Trinajstić information content (AvgIpc) is 2.61. The number of hydrogen-bond acceptors (Lipinski definition) is 2. The van der Waals surface area contributed by atoms with Crippen molar-refractivity contribution >= 4 is 16.9 Å². The molecule has 1 heterocycles. The van der Waals surface area contributed by atoms with Crippen molar-refractivity contribution in [1.29, 1.82) is 0 Å². The molecule has 4 N–H and O–H groups in total. The first-order valence-electron chi connectivity index (χ1n) is 4.92. The SMILES string of the molecule is N[C@H](Cc1c[nH]c2c(F)cc(F)cc12)C(=O)O. The highest BCUT2D eigenvalue weighted by atomic mass is 19.1. The van der Waals surface area contributed by atoms with Crippen molar-refractivity contribution in [3.8, 4) is 0 Å². The van der Waals surface area contributed by atoms with E-state index in [9.17, 15) is 13.6 Å². The number of hydrogen-bond donors (Lipinski definition) is 3. The van der Waals surface area contributed by atoms with Gasteiger partial charge < -0.3 is 15.8 Å². The van der Waals surface area contributed by atoms with Crippen LogP contribution < -0.4 is 5.73 Å². The van der Waals surface area contributed by atoms with Gasteiger partial charge in [-0.15, -0.1) is 0 Å². The lowest BCUT2D eigenvalue weighted by molar-refractivity contribution is -0.138. The maximum absolute atomic E-state index is 13.3. The number of nitrogens with two attached hydrogens (primary N) is 1. The van der Waals surface area contributed by atoms with E-state index in [1.165, 1.54) is 6.20 Å². The van der Waals surface area contributed by atoms with Gasteiger partial charge in [0.25, 0.3) is 0 Å². The van der Waals surface area contributed by atoms with Crippen LogP contribution in [0.2, 0.25) is 0 Å². The second-order valence-corrected chi connectivity index (χ2v) is 3.77. The number of H-pyrrole nitrogens is 1. The van der Waals surface area contributed by atoms with Crippen LogP contribution in [0.5, 0.6) is 0 Å². The molecule has 2 rings (SSSR count). The first-order valence-corrected chi connectivity index (χ1v) is 4.92. The maximum atomic E-state index is 13.3. The summed E-state index contributed by atoms with van der Waals surface area (Å²) in [6.07, 6.45) is 1.45. The van der Waals surface area contributed by atoms with Gasteiger partial charge in [0.05, 0.1) is 5.52 Å². The third-order valence-corrected chi connectivity index (χ3v) is 2.55. The molecule has 0 amide bonds. The fourth-order valence-corrected chi connectivity index (χ4v) is 1.70. The normalized spacial score (nSPS) is 12.9. The zero-order chi connectivity index (χ0) is 12.6. The molecule has 4 nitrogen and oxygen atoms in total. The van der Waals surface area contributed by atoms with Crippen molar-refractivity contribution in [1.82, 2.24) is 4.98 Å². The van der Waals surface area contributed by atoms with Gasteiger partial charge in [-0.25, -0.2) is 8.78 Å². The van der Waals surface area contributed by atoms with Crippen molar-refractivity contribution < 1.29 is 18.7 Å². The van der Waals surface area contributed by atoms with Gasteiger partial charge in [-0.1, -0.05) is 0 Å². The van der Waals surface area contributed by atoms with E-state index in [0.717, 1.165) is 12.1 Å². The third-order valence-electron chi connectivity index (χ3n) is 2.55. The summed E-state index contributed by atoms with van der Waals surface area (Å²) in [5.41, 5.74) is 6.01. The van der Waals surface area contributed by atoms with Crippen molar-refractivity contribution in [3.63, 3.8) is 0 Å². The van der Waals surface area contributed by atoms with E-state index in [1.54, 1.807) is 0 Å². The molecule has 1 aromatic heterocycles. The molecule has 0 spiro atoms. The minimum Gasteiger partial charge on any atom is -0.480 e. The van der Waals surface area contributed by atoms with E-state index in [-0.39, 0.29) is 11.9 Å². The Balaban J connectivity index is 2.45. The van der Waals surface area contributed by atoms with Gasteiger partial charge in [-0.05, 0) is 11.6 Å². The number of benzene rings is 1. The van der Waals surface area contributed by atoms with Crippen molar-refractivity contribution in [2.24, 2.45) is 5.73 Å². The molecule has 1 atom stereocenters. The van der Waals surface area contributed by atoms with E-state index in [4.69, 9.17) is 10.8 Å². The molecule has 0 saturated carbocycles. The van der Waals surface area contributed by atoms with E-state index in [1.807, 2.05) is 0 Å². The number of carboxylic acids is 1. The van der Waals surface area contributed by atoms with Gasteiger partial charge in [-0.2, -0.15) is 0 Å². The molecular formula is C11H10F2N2O2. The molecule has 0 aliphatic carbocycles. The van der Waals surface area contributed by atoms with Gasteiger partial charge in [0, 0.05) is 24.1 Å². The molecule has 0 unspecified atom stereocenters.